The number of furan rings is 1. The zero-order valence-electron chi connectivity index (χ0n) is 22.6. The van der Waals surface area contributed by atoms with Gasteiger partial charge < -0.3 is 25.1 Å². The first-order chi connectivity index (χ1) is 19.9. The van der Waals surface area contributed by atoms with Crippen molar-refractivity contribution in [3.05, 3.63) is 109 Å². The molecule has 41 heavy (non-hydrogen) atoms. The Hall–Kier alpha value is -5.28. The number of aromatic nitrogens is 2. The SMILES string of the molecule is CN(C)CC=CC(=O)Nc1ccc(-c2c(-c3ccccc3)oc3ncnc(NC(C(=O)O)c4ccccc4)c23)cc1. The van der Waals surface area contributed by atoms with Gasteiger partial charge in [0.1, 0.15) is 17.9 Å². The molecule has 0 bridgehead atoms. The second-order valence-electron chi connectivity index (χ2n) is 9.63. The van der Waals surface area contributed by atoms with E-state index in [0.717, 1.165) is 11.1 Å². The van der Waals surface area contributed by atoms with Crippen molar-refractivity contribution in [2.75, 3.05) is 31.3 Å². The van der Waals surface area contributed by atoms with E-state index in [2.05, 4.69) is 20.6 Å². The molecule has 0 spiro atoms. The first-order valence-electron chi connectivity index (χ1n) is 13.0. The number of fused-ring (bicyclic) bond motifs is 1. The van der Waals surface area contributed by atoms with Crippen molar-refractivity contribution in [1.29, 1.82) is 0 Å². The van der Waals surface area contributed by atoms with Gasteiger partial charge in [-0.2, -0.15) is 0 Å². The lowest BCUT2D eigenvalue weighted by Gasteiger charge is -2.16. The van der Waals surface area contributed by atoms with E-state index in [-0.39, 0.29) is 5.91 Å². The Kier molecular flexibility index (Phi) is 8.17. The van der Waals surface area contributed by atoms with Gasteiger partial charge in [0.2, 0.25) is 11.6 Å². The van der Waals surface area contributed by atoms with Gasteiger partial charge >= 0.3 is 5.97 Å². The lowest BCUT2D eigenvalue weighted by Crippen LogP contribution is -2.21. The molecular formula is C32H29N5O4. The van der Waals surface area contributed by atoms with Crippen LogP contribution in [0.15, 0.2) is 108 Å². The zero-order chi connectivity index (χ0) is 28.8. The van der Waals surface area contributed by atoms with E-state index in [0.29, 0.717) is 46.0 Å². The van der Waals surface area contributed by atoms with Crippen molar-refractivity contribution in [1.82, 2.24) is 14.9 Å². The van der Waals surface area contributed by atoms with E-state index in [1.165, 1.54) is 12.4 Å². The van der Waals surface area contributed by atoms with Crippen LogP contribution in [0.1, 0.15) is 11.6 Å². The van der Waals surface area contributed by atoms with Crippen molar-refractivity contribution in [3.63, 3.8) is 0 Å². The standard InChI is InChI=1S/C32H29N5O4/c1-37(2)19-9-14-25(38)35-24-17-15-21(16-18-24)26-27-30(36-28(32(39)40)22-10-5-3-6-11-22)33-20-34-31(27)41-29(26)23-12-7-4-8-13-23/h3-18,20,28H,19H2,1-2H3,(H,35,38)(H,39,40)(H,33,34,36). The summed E-state index contributed by atoms with van der Waals surface area (Å²) in [5.41, 5.74) is 3.85. The van der Waals surface area contributed by atoms with Gasteiger partial charge in [0, 0.05) is 29.4 Å². The van der Waals surface area contributed by atoms with Crippen molar-refractivity contribution in [3.8, 4) is 22.5 Å². The predicted octanol–water partition coefficient (Wildman–Crippen LogP) is 5.85. The molecule has 0 aliphatic heterocycles. The van der Waals surface area contributed by atoms with Gasteiger partial charge in [0.15, 0.2) is 6.04 Å². The number of nitrogens with zero attached hydrogens (tertiary/aromatic N) is 3. The minimum atomic E-state index is -1.05. The molecule has 2 heterocycles. The summed E-state index contributed by atoms with van der Waals surface area (Å²) in [5, 5.41) is 16.6. The zero-order valence-corrected chi connectivity index (χ0v) is 22.6. The summed E-state index contributed by atoms with van der Waals surface area (Å²) < 4.78 is 6.27. The van der Waals surface area contributed by atoms with E-state index in [9.17, 15) is 14.7 Å². The van der Waals surface area contributed by atoms with E-state index in [4.69, 9.17) is 4.42 Å². The molecule has 206 valence electrons. The summed E-state index contributed by atoms with van der Waals surface area (Å²) in [5.74, 6) is -0.371. The molecule has 3 N–H and O–H groups in total. The molecule has 2 aromatic heterocycles. The molecule has 1 atom stereocenters. The highest BCUT2D eigenvalue weighted by molar-refractivity contribution is 6.06. The lowest BCUT2D eigenvalue weighted by molar-refractivity contribution is -0.138. The number of carboxylic acids is 1. The topological polar surface area (TPSA) is 121 Å². The van der Waals surface area contributed by atoms with Crippen molar-refractivity contribution < 1.29 is 19.1 Å². The third-order valence-corrected chi connectivity index (χ3v) is 6.37. The second kappa shape index (κ2) is 12.3. The molecule has 1 unspecified atom stereocenters. The Morgan fingerprint density at radius 2 is 1.61 bits per heavy atom. The maximum atomic E-state index is 12.3. The van der Waals surface area contributed by atoms with Crippen LogP contribution >= 0.6 is 0 Å². The molecule has 0 radical (unpaired) electrons. The number of likely N-dealkylation sites (N-methyl/N-ethyl adjacent to an activating group) is 1. The van der Waals surface area contributed by atoms with Gasteiger partial charge in [-0.05, 0) is 37.4 Å². The molecule has 0 aliphatic carbocycles. The number of anilines is 2. The maximum absolute atomic E-state index is 12.3. The quantitative estimate of drug-likeness (QED) is 0.186. The molecular weight excluding hydrogens is 518 g/mol. The Morgan fingerprint density at radius 3 is 2.27 bits per heavy atom. The molecule has 0 fully saturated rings. The fraction of sp³-hybridized carbons (Fsp3) is 0.125. The van der Waals surface area contributed by atoms with Crippen molar-refractivity contribution in [2.24, 2.45) is 0 Å². The number of carbonyl (C=O) groups excluding carboxylic acids is 1. The number of aliphatic carboxylic acids is 1. The number of carbonyl (C=O) groups is 2. The number of hydrogen-bond donors (Lipinski definition) is 3. The van der Waals surface area contributed by atoms with Gasteiger partial charge in [0.05, 0.1) is 5.39 Å². The third-order valence-electron chi connectivity index (χ3n) is 6.37. The largest absolute Gasteiger partial charge is 0.479 e. The maximum Gasteiger partial charge on any atom is 0.330 e. The van der Waals surface area contributed by atoms with Crippen LogP contribution < -0.4 is 10.6 Å². The summed E-state index contributed by atoms with van der Waals surface area (Å²) in [7, 11) is 3.86. The summed E-state index contributed by atoms with van der Waals surface area (Å²) in [6.45, 7) is 0.660. The number of rotatable bonds is 10. The average molecular weight is 548 g/mol. The van der Waals surface area contributed by atoms with E-state index >= 15 is 0 Å². The molecule has 1 amide bonds. The molecule has 5 aromatic rings. The minimum absolute atomic E-state index is 0.223. The highest BCUT2D eigenvalue weighted by Gasteiger charge is 2.26. The minimum Gasteiger partial charge on any atom is -0.479 e. The van der Waals surface area contributed by atoms with Crippen LogP contribution in [-0.4, -0.2) is 52.5 Å². The number of benzene rings is 3. The van der Waals surface area contributed by atoms with Gasteiger partial charge in [-0.3, -0.25) is 4.79 Å². The average Bonchev–Trinajstić information content (AvgIpc) is 3.37. The van der Waals surface area contributed by atoms with E-state index < -0.39 is 12.0 Å². The van der Waals surface area contributed by atoms with E-state index in [1.54, 1.807) is 30.3 Å². The molecule has 0 aliphatic rings. The van der Waals surface area contributed by atoms with Gasteiger partial charge in [-0.15, -0.1) is 0 Å². The van der Waals surface area contributed by atoms with Gasteiger partial charge in [-0.25, -0.2) is 14.8 Å². The molecule has 0 saturated carbocycles. The molecule has 9 nitrogen and oxygen atoms in total. The monoisotopic (exact) mass is 547 g/mol. The summed E-state index contributed by atoms with van der Waals surface area (Å²) >= 11 is 0. The fourth-order valence-electron chi connectivity index (χ4n) is 4.46. The number of amides is 1. The second-order valence-corrected chi connectivity index (χ2v) is 9.63. The highest BCUT2D eigenvalue weighted by Crippen LogP contribution is 2.43. The smallest absolute Gasteiger partial charge is 0.330 e. The van der Waals surface area contributed by atoms with Crippen LogP contribution in [0.25, 0.3) is 33.6 Å². The van der Waals surface area contributed by atoms with Crippen molar-refractivity contribution >= 4 is 34.5 Å². The molecule has 5 rings (SSSR count). The number of nitrogens with one attached hydrogen (secondary N) is 2. The molecule has 9 heteroatoms. The predicted molar refractivity (Wildman–Crippen MR) is 159 cm³/mol. The summed E-state index contributed by atoms with van der Waals surface area (Å²) in [6, 6.07) is 24.8. The van der Waals surface area contributed by atoms with Crippen LogP contribution in [0.3, 0.4) is 0 Å². The van der Waals surface area contributed by atoms with Gasteiger partial charge in [0.25, 0.3) is 0 Å². The lowest BCUT2D eigenvalue weighted by atomic mass is 9.98. The fourth-order valence-corrected chi connectivity index (χ4v) is 4.46. The van der Waals surface area contributed by atoms with Crippen LogP contribution in [-0.2, 0) is 9.59 Å². The Balaban J connectivity index is 1.57. The number of carboxylic acid groups (broad SMARTS) is 1. The summed E-state index contributed by atoms with van der Waals surface area (Å²) in [4.78, 5) is 35.4. The molecule has 0 saturated heterocycles. The van der Waals surface area contributed by atoms with E-state index in [1.807, 2.05) is 79.7 Å². The normalized spacial score (nSPS) is 12.1. The highest BCUT2D eigenvalue weighted by atomic mass is 16.4. The Labute approximate surface area is 237 Å². The van der Waals surface area contributed by atoms with Crippen molar-refractivity contribution in [2.45, 2.75) is 6.04 Å². The Bertz CT molecular complexity index is 1680. The Morgan fingerprint density at radius 1 is 0.927 bits per heavy atom. The van der Waals surface area contributed by atoms with Gasteiger partial charge in [-0.1, -0.05) is 78.9 Å². The third kappa shape index (κ3) is 6.32. The van der Waals surface area contributed by atoms with Crippen LogP contribution in [0.4, 0.5) is 11.5 Å². The number of hydrogen-bond acceptors (Lipinski definition) is 7. The van der Waals surface area contributed by atoms with Crippen LogP contribution in [0.2, 0.25) is 0 Å². The molecule has 3 aromatic carbocycles. The van der Waals surface area contributed by atoms with Crippen LogP contribution in [0.5, 0.6) is 0 Å². The first kappa shape index (κ1) is 27.3. The summed E-state index contributed by atoms with van der Waals surface area (Å²) in [6.07, 6.45) is 4.65. The first-order valence-corrected chi connectivity index (χ1v) is 13.0. The van der Waals surface area contributed by atoms with Crippen LogP contribution in [0, 0.1) is 0 Å².